The van der Waals surface area contributed by atoms with E-state index in [0.29, 0.717) is 0 Å². The van der Waals surface area contributed by atoms with Gasteiger partial charge >= 0.3 is 0 Å². The molecule has 4 heteroatoms. The molecular weight excluding hydrogens is 320 g/mol. The van der Waals surface area contributed by atoms with Crippen molar-refractivity contribution in [2.75, 3.05) is 5.73 Å². The summed E-state index contributed by atoms with van der Waals surface area (Å²) in [6.07, 6.45) is 2.65. The zero-order valence-electron chi connectivity index (χ0n) is 10.7. The molecule has 2 N–H and O–H groups in total. The van der Waals surface area contributed by atoms with Crippen LogP contribution in [-0.4, -0.2) is 10.9 Å². The average Bonchev–Trinajstić information content (AvgIpc) is 3.12. The number of benzene rings is 1. The molecule has 1 heterocycles. The molecule has 1 aromatic carbocycles. The molecule has 1 aliphatic rings. The lowest BCUT2D eigenvalue weighted by Gasteiger charge is -2.22. The lowest BCUT2D eigenvalue weighted by molar-refractivity contribution is 0.247. The van der Waals surface area contributed by atoms with Crippen LogP contribution in [0.2, 0.25) is 0 Å². The van der Waals surface area contributed by atoms with Crippen LogP contribution in [-0.2, 0) is 13.1 Å². The van der Waals surface area contributed by atoms with Crippen molar-refractivity contribution in [1.29, 1.82) is 0 Å². The van der Waals surface area contributed by atoms with Crippen molar-refractivity contribution in [2.24, 2.45) is 0 Å². The van der Waals surface area contributed by atoms with Crippen molar-refractivity contribution in [2.45, 2.75) is 32.0 Å². The number of nitrogens with zero attached hydrogens (tertiary/aromatic N) is 1. The van der Waals surface area contributed by atoms with E-state index in [2.05, 4.69) is 44.4 Å². The van der Waals surface area contributed by atoms with Crippen LogP contribution in [0.4, 0.5) is 5.69 Å². The summed E-state index contributed by atoms with van der Waals surface area (Å²) in [5.41, 5.74) is 8.01. The highest BCUT2D eigenvalue weighted by atomic mass is 79.9. The highest BCUT2D eigenvalue weighted by Crippen LogP contribution is 2.32. The van der Waals surface area contributed by atoms with Gasteiger partial charge in [0.05, 0.1) is 0 Å². The maximum absolute atomic E-state index is 5.89. The maximum atomic E-state index is 5.89. The van der Waals surface area contributed by atoms with Gasteiger partial charge < -0.3 is 5.73 Å². The van der Waals surface area contributed by atoms with E-state index in [0.717, 1.165) is 29.3 Å². The predicted octanol–water partition coefficient (Wildman–Crippen LogP) is 4.26. The first kappa shape index (κ1) is 13.2. The summed E-state index contributed by atoms with van der Waals surface area (Å²) in [6, 6.07) is 11.1. The fourth-order valence-corrected chi connectivity index (χ4v) is 3.39. The van der Waals surface area contributed by atoms with Crippen molar-refractivity contribution in [3.05, 3.63) is 50.6 Å². The van der Waals surface area contributed by atoms with Crippen LogP contribution < -0.4 is 5.73 Å². The Balaban J connectivity index is 1.76. The molecule has 0 atom stereocenters. The Morgan fingerprint density at radius 1 is 1.26 bits per heavy atom. The van der Waals surface area contributed by atoms with Crippen molar-refractivity contribution >= 4 is 33.0 Å². The molecule has 1 fully saturated rings. The molecule has 0 spiro atoms. The molecule has 1 saturated carbocycles. The zero-order chi connectivity index (χ0) is 13.2. The molecule has 0 unspecified atom stereocenters. The highest BCUT2D eigenvalue weighted by Gasteiger charge is 2.29. The first-order valence-electron chi connectivity index (χ1n) is 6.53. The molecule has 0 radical (unpaired) electrons. The van der Waals surface area contributed by atoms with E-state index in [4.69, 9.17) is 5.73 Å². The Hall–Kier alpha value is -0.840. The summed E-state index contributed by atoms with van der Waals surface area (Å²) in [5.74, 6) is 0. The number of rotatable bonds is 5. The molecule has 0 saturated heterocycles. The largest absolute Gasteiger partial charge is 0.399 e. The van der Waals surface area contributed by atoms with Gasteiger partial charge in [-0.1, -0.05) is 22.0 Å². The highest BCUT2D eigenvalue weighted by molar-refractivity contribution is 9.10. The molecule has 1 aliphatic carbocycles. The van der Waals surface area contributed by atoms with Gasteiger partial charge in [-0.2, -0.15) is 0 Å². The van der Waals surface area contributed by atoms with E-state index in [-0.39, 0.29) is 0 Å². The Labute approximate surface area is 126 Å². The summed E-state index contributed by atoms with van der Waals surface area (Å²) < 4.78 is 1.15. The Kier molecular flexibility index (Phi) is 3.91. The minimum absolute atomic E-state index is 0.746. The Bertz CT molecular complexity index is 549. The van der Waals surface area contributed by atoms with Crippen molar-refractivity contribution in [1.82, 2.24) is 4.90 Å². The topological polar surface area (TPSA) is 29.3 Å². The van der Waals surface area contributed by atoms with Gasteiger partial charge in [-0.05, 0) is 48.1 Å². The third kappa shape index (κ3) is 3.38. The number of nitrogen functional groups attached to an aromatic ring is 1. The maximum Gasteiger partial charge on any atom is 0.0334 e. The molecule has 100 valence electrons. The molecule has 1 aromatic heterocycles. The molecular formula is C15H17BrN2S. The van der Waals surface area contributed by atoms with Crippen LogP contribution in [0.15, 0.2) is 40.2 Å². The van der Waals surface area contributed by atoms with Gasteiger partial charge in [0.15, 0.2) is 0 Å². The molecule has 19 heavy (non-hydrogen) atoms. The molecule has 2 aromatic rings. The smallest absolute Gasteiger partial charge is 0.0334 e. The molecule has 3 rings (SSSR count). The van der Waals surface area contributed by atoms with E-state index >= 15 is 0 Å². The SMILES string of the molecule is Nc1ccc(Br)c(CN(Cc2cccs2)C2CC2)c1. The normalized spacial score (nSPS) is 15.1. The second-order valence-electron chi connectivity index (χ2n) is 5.07. The molecule has 0 bridgehead atoms. The number of thiophene rings is 1. The number of anilines is 1. The van der Waals surface area contributed by atoms with Crippen LogP contribution in [0, 0.1) is 0 Å². The fourth-order valence-electron chi connectivity index (χ4n) is 2.29. The van der Waals surface area contributed by atoms with Crippen LogP contribution in [0.1, 0.15) is 23.3 Å². The summed E-state index contributed by atoms with van der Waals surface area (Å²) in [5, 5.41) is 2.15. The van der Waals surface area contributed by atoms with Gasteiger partial charge in [0, 0.05) is 34.2 Å². The monoisotopic (exact) mass is 336 g/mol. The summed E-state index contributed by atoms with van der Waals surface area (Å²) in [4.78, 5) is 4.00. The average molecular weight is 337 g/mol. The Morgan fingerprint density at radius 2 is 2.11 bits per heavy atom. The number of halogens is 1. The number of nitrogens with two attached hydrogens (primary N) is 1. The van der Waals surface area contributed by atoms with E-state index in [1.807, 2.05) is 23.5 Å². The third-order valence-electron chi connectivity index (χ3n) is 3.45. The van der Waals surface area contributed by atoms with Gasteiger partial charge in [-0.25, -0.2) is 0 Å². The second-order valence-corrected chi connectivity index (χ2v) is 6.95. The minimum atomic E-state index is 0.746. The molecule has 0 aliphatic heterocycles. The van der Waals surface area contributed by atoms with Gasteiger partial charge in [0.2, 0.25) is 0 Å². The molecule has 2 nitrogen and oxygen atoms in total. The fraction of sp³-hybridized carbons (Fsp3) is 0.333. The third-order valence-corrected chi connectivity index (χ3v) is 5.08. The number of hydrogen-bond donors (Lipinski definition) is 1. The van der Waals surface area contributed by atoms with E-state index < -0.39 is 0 Å². The minimum Gasteiger partial charge on any atom is -0.399 e. The van der Waals surface area contributed by atoms with Crippen LogP contribution in [0.25, 0.3) is 0 Å². The summed E-state index contributed by atoms with van der Waals surface area (Å²) in [6.45, 7) is 2.01. The number of hydrogen-bond acceptors (Lipinski definition) is 3. The first-order chi connectivity index (χ1) is 9.22. The van der Waals surface area contributed by atoms with E-state index in [1.54, 1.807) is 0 Å². The van der Waals surface area contributed by atoms with E-state index in [1.165, 1.54) is 23.3 Å². The Morgan fingerprint density at radius 3 is 2.79 bits per heavy atom. The van der Waals surface area contributed by atoms with Crippen LogP contribution >= 0.6 is 27.3 Å². The van der Waals surface area contributed by atoms with Crippen LogP contribution in [0.3, 0.4) is 0 Å². The standard InChI is InChI=1S/C15H17BrN2S/c16-15-6-3-12(17)8-11(15)9-18(13-4-5-13)10-14-2-1-7-19-14/h1-3,6-8,13H,4-5,9-10,17H2. The van der Waals surface area contributed by atoms with E-state index in [9.17, 15) is 0 Å². The van der Waals surface area contributed by atoms with Crippen molar-refractivity contribution in [3.63, 3.8) is 0 Å². The predicted molar refractivity (Wildman–Crippen MR) is 85.1 cm³/mol. The lowest BCUT2D eigenvalue weighted by Crippen LogP contribution is -2.24. The lowest BCUT2D eigenvalue weighted by atomic mass is 10.2. The van der Waals surface area contributed by atoms with Gasteiger partial charge in [0.1, 0.15) is 0 Å². The van der Waals surface area contributed by atoms with Crippen molar-refractivity contribution in [3.8, 4) is 0 Å². The quantitative estimate of drug-likeness (QED) is 0.826. The summed E-state index contributed by atoms with van der Waals surface area (Å²) >= 11 is 5.46. The van der Waals surface area contributed by atoms with Gasteiger partial charge in [0.25, 0.3) is 0 Å². The first-order valence-corrected chi connectivity index (χ1v) is 8.20. The second kappa shape index (κ2) is 5.65. The van der Waals surface area contributed by atoms with Gasteiger partial charge in [-0.15, -0.1) is 11.3 Å². The molecule has 0 amide bonds. The summed E-state index contributed by atoms with van der Waals surface area (Å²) in [7, 11) is 0. The zero-order valence-corrected chi connectivity index (χ0v) is 13.1. The van der Waals surface area contributed by atoms with Gasteiger partial charge in [-0.3, -0.25) is 4.90 Å². The van der Waals surface area contributed by atoms with Crippen molar-refractivity contribution < 1.29 is 0 Å². The van der Waals surface area contributed by atoms with Crippen LogP contribution in [0.5, 0.6) is 0 Å².